The maximum atomic E-state index is 13.3. The fraction of sp³-hybridized carbons (Fsp3) is 0.364. The highest BCUT2D eigenvalue weighted by Crippen LogP contribution is 2.36. The standard InChI is InChI=1S/C22H24N2O2/c1-2-9-22(15-25)10-12-24(14-22)21(26)19-13-16-6-3-4-7-17(16)18-8-5-11-23-20(18)19/h3-8,11,13,25H,2,9-10,12,14-15H2,1H3. The highest BCUT2D eigenvalue weighted by Gasteiger charge is 2.39. The Hall–Kier alpha value is -2.46. The smallest absolute Gasteiger partial charge is 0.256 e. The van der Waals surface area contributed by atoms with Crippen molar-refractivity contribution in [1.29, 1.82) is 0 Å². The largest absolute Gasteiger partial charge is 0.396 e. The second-order valence-electron chi connectivity index (χ2n) is 7.43. The Morgan fingerprint density at radius 3 is 2.85 bits per heavy atom. The monoisotopic (exact) mass is 348 g/mol. The van der Waals surface area contributed by atoms with Crippen molar-refractivity contribution in [1.82, 2.24) is 9.88 Å². The van der Waals surface area contributed by atoms with Crippen molar-refractivity contribution in [2.45, 2.75) is 26.2 Å². The van der Waals surface area contributed by atoms with E-state index in [1.807, 2.05) is 41.3 Å². The van der Waals surface area contributed by atoms with Gasteiger partial charge in [0.05, 0.1) is 17.7 Å². The number of carbonyl (C=O) groups excluding carboxylic acids is 1. The van der Waals surface area contributed by atoms with Crippen LogP contribution >= 0.6 is 0 Å². The number of amides is 1. The van der Waals surface area contributed by atoms with Crippen LogP contribution in [0.15, 0.2) is 48.7 Å². The number of benzene rings is 2. The number of pyridine rings is 1. The third-order valence-electron chi connectivity index (χ3n) is 5.69. The number of aliphatic hydroxyl groups is 1. The maximum absolute atomic E-state index is 13.3. The van der Waals surface area contributed by atoms with E-state index in [0.29, 0.717) is 18.7 Å². The molecule has 1 aliphatic heterocycles. The first-order valence-electron chi connectivity index (χ1n) is 9.34. The van der Waals surface area contributed by atoms with E-state index in [9.17, 15) is 9.90 Å². The van der Waals surface area contributed by atoms with Crippen LogP contribution in [-0.4, -0.2) is 40.6 Å². The van der Waals surface area contributed by atoms with Gasteiger partial charge in [0.1, 0.15) is 0 Å². The zero-order valence-electron chi connectivity index (χ0n) is 15.1. The lowest BCUT2D eigenvalue weighted by atomic mass is 9.83. The number of aliphatic hydroxyl groups excluding tert-OH is 1. The number of likely N-dealkylation sites (tertiary alicyclic amines) is 1. The summed E-state index contributed by atoms with van der Waals surface area (Å²) in [5, 5.41) is 13.1. The van der Waals surface area contributed by atoms with E-state index in [0.717, 1.165) is 40.9 Å². The molecule has 1 atom stereocenters. The quantitative estimate of drug-likeness (QED) is 0.725. The predicted molar refractivity (Wildman–Crippen MR) is 104 cm³/mol. The first kappa shape index (κ1) is 17.0. The summed E-state index contributed by atoms with van der Waals surface area (Å²) in [5.41, 5.74) is 1.27. The van der Waals surface area contributed by atoms with E-state index in [4.69, 9.17) is 0 Å². The van der Waals surface area contributed by atoms with Gasteiger partial charge in [-0.25, -0.2) is 0 Å². The van der Waals surface area contributed by atoms with Crippen LogP contribution < -0.4 is 0 Å². The van der Waals surface area contributed by atoms with Crippen LogP contribution in [0.5, 0.6) is 0 Å². The van der Waals surface area contributed by atoms with Gasteiger partial charge in [-0.15, -0.1) is 0 Å². The minimum absolute atomic E-state index is 0.0193. The van der Waals surface area contributed by atoms with Gasteiger partial charge in [0, 0.05) is 30.1 Å². The van der Waals surface area contributed by atoms with E-state index in [-0.39, 0.29) is 17.9 Å². The van der Waals surface area contributed by atoms with Gasteiger partial charge < -0.3 is 10.0 Å². The topological polar surface area (TPSA) is 53.4 Å². The number of aromatic nitrogens is 1. The van der Waals surface area contributed by atoms with Gasteiger partial charge in [0.25, 0.3) is 5.91 Å². The van der Waals surface area contributed by atoms with Crippen molar-refractivity contribution in [3.63, 3.8) is 0 Å². The van der Waals surface area contributed by atoms with Crippen molar-refractivity contribution >= 4 is 27.6 Å². The van der Waals surface area contributed by atoms with Crippen molar-refractivity contribution in [3.05, 3.63) is 54.2 Å². The van der Waals surface area contributed by atoms with Gasteiger partial charge in [-0.1, -0.05) is 43.7 Å². The molecule has 1 saturated heterocycles. The second kappa shape index (κ2) is 6.69. The zero-order chi connectivity index (χ0) is 18.1. The molecule has 0 spiro atoms. The Morgan fingerprint density at radius 1 is 1.23 bits per heavy atom. The van der Waals surface area contributed by atoms with Gasteiger partial charge in [-0.05, 0) is 35.7 Å². The number of nitrogens with zero attached hydrogens (tertiary/aromatic N) is 2. The van der Waals surface area contributed by atoms with Crippen molar-refractivity contribution < 1.29 is 9.90 Å². The predicted octanol–water partition coefficient (Wildman–Crippen LogP) is 4.01. The van der Waals surface area contributed by atoms with Crippen LogP contribution in [0.2, 0.25) is 0 Å². The van der Waals surface area contributed by atoms with Crippen LogP contribution in [0.3, 0.4) is 0 Å². The lowest BCUT2D eigenvalue weighted by Gasteiger charge is -2.26. The second-order valence-corrected chi connectivity index (χ2v) is 7.43. The number of carbonyl (C=O) groups is 1. The van der Waals surface area contributed by atoms with Crippen LogP contribution in [0, 0.1) is 5.41 Å². The first-order chi connectivity index (χ1) is 12.7. The van der Waals surface area contributed by atoms with E-state index >= 15 is 0 Å². The average Bonchev–Trinajstić information content (AvgIpc) is 3.12. The molecule has 3 aromatic rings. The van der Waals surface area contributed by atoms with Crippen molar-refractivity contribution in [3.8, 4) is 0 Å². The SMILES string of the molecule is CCCC1(CO)CCN(C(=O)c2cc3ccccc3c3cccnc23)C1. The summed E-state index contributed by atoms with van der Waals surface area (Å²) in [6, 6.07) is 14.0. The van der Waals surface area contributed by atoms with Crippen LogP contribution in [0.25, 0.3) is 21.7 Å². The third kappa shape index (κ3) is 2.74. The summed E-state index contributed by atoms with van der Waals surface area (Å²) in [7, 11) is 0. The highest BCUT2D eigenvalue weighted by molar-refractivity contribution is 6.15. The summed E-state index contributed by atoms with van der Waals surface area (Å²) >= 11 is 0. The van der Waals surface area contributed by atoms with Gasteiger partial charge in [-0.3, -0.25) is 9.78 Å². The Balaban J connectivity index is 1.77. The summed E-state index contributed by atoms with van der Waals surface area (Å²) < 4.78 is 0. The van der Waals surface area contributed by atoms with Gasteiger partial charge in [0.15, 0.2) is 0 Å². The highest BCUT2D eigenvalue weighted by atomic mass is 16.3. The van der Waals surface area contributed by atoms with E-state index < -0.39 is 0 Å². The van der Waals surface area contributed by atoms with Crippen molar-refractivity contribution in [2.24, 2.45) is 5.41 Å². The number of fused-ring (bicyclic) bond motifs is 3. The van der Waals surface area contributed by atoms with E-state index in [2.05, 4.69) is 18.0 Å². The first-order valence-corrected chi connectivity index (χ1v) is 9.34. The summed E-state index contributed by atoms with van der Waals surface area (Å²) in [5.74, 6) is 0.0193. The molecular formula is C22H24N2O2. The molecule has 1 aliphatic rings. The number of hydrogen-bond acceptors (Lipinski definition) is 3. The van der Waals surface area contributed by atoms with Crippen LogP contribution in [0.1, 0.15) is 36.5 Å². The Kier molecular flexibility index (Phi) is 4.37. The molecule has 0 bridgehead atoms. The Bertz CT molecular complexity index is 969. The Labute approximate surface area is 153 Å². The molecular weight excluding hydrogens is 324 g/mol. The number of rotatable bonds is 4. The van der Waals surface area contributed by atoms with E-state index in [1.54, 1.807) is 6.20 Å². The fourth-order valence-corrected chi connectivity index (χ4v) is 4.31. The molecule has 0 aliphatic carbocycles. The minimum atomic E-state index is -0.148. The van der Waals surface area contributed by atoms with Crippen molar-refractivity contribution in [2.75, 3.05) is 19.7 Å². The molecule has 4 heteroatoms. The van der Waals surface area contributed by atoms with Crippen LogP contribution in [-0.2, 0) is 0 Å². The van der Waals surface area contributed by atoms with Gasteiger partial charge >= 0.3 is 0 Å². The van der Waals surface area contributed by atoms with Crippen LogP contribution in [0.4, 0.5) is 0 Å². The molecule has 4 nitrogen and oxygen atoms in total. The van der Waals surface area contributed by atoms with Gasteiger partial charge in [-0.2, -0.15) is 0 Å². The summed E-state index contributed by atoms with van der Waals surface area (Å²) in [6.07, 6.45) is 4.57. The molecule has 134 valence electrons. The molecule has 0 radical (unpaired) electrons. The molecule has 2 aromatic carbocycles. The van der Waals surface area contributed by atoms with Gasteiger partial charge in [0.2, 0.25) is 0 Å². The minimum Gasteiger partial charge on any atom is -0.396 e. The fourth-order valence-electron chi connectivity index (χ4n) is 4.31. The summed E-state index contributed by atoms with van der Waals surface area (Å²) in [6.45, 7) is 3.59. The molecule has 1 amide bonds. The Morgan fingerprint density at radius 2 is 2.04 bits per heavy atom. The molecule has 2 heterocycles. The molecule has 4 rings (SSSR count). The maximum Gasteiger partial charge on any atom is 0.256 e. The van der Waals surface area contributed by atoms with E-state index in [1.165, 1.54) is 0 Å². The lowest BCUT2D eigenvalue weighted by molar-refractivity contribution is 0.0731. The molecule has 1 N–H and O–H groups in total. The average molecular weight is 348 g/mol. The summed E-state index contributed by atoms with van der Waals surface area (Å²) in [4.78, 5) is 19.7. The number of hydrogen-bond donors (Lipinski definition) is 1. The third-order valence-corrected chi connectivity index (χ3v) is 5.69. The zero-order valence-corrected chi connectivity index (χ0v) is 15.1. The molecule has 26 heavy (non-hydrogen) atoms. The molecule has 0 saturated carbocycles. The lowest BCUT2D eigenvalue weighted by Crippen LogP contribution is -2.34. The molecule has 1 fully saturated rings. The molecule has 1 unspecified atom stereocenters. The normalized spacial score (nSPS) is 20.2. The molecule has 1 aromatic heterocycles.